The van der Waals surface area contributed by atoms with Crippen molar-refractivity contribution in [1.82, 2.24) is 9.88 Å². The van der Waals surface area contributed by atoms with Gasteiger partial charge in [-0.3, -0.25) is 4.90 Å². The lowest BCUT2D eigenvalue weighted by molar-refractivity contribution is 0.0844. The van der Waals surface area contributed by atoms with Gasteiger partial charge in [0, 0.05) is 24.7 Å². The standard InChI is InChI=1S/C22H25N3O/c1-16-4-6-17(7-5-16)14-25-12-2-3-20(15-25)26-19-8-9-21-18(13-19)10-11-24-22(21)23/h4-11,13,20H,2-3,12,14-15H2,1H3,(H2,23,24). The number of nitrogens with zero attached hydrogens (tertiary/aromatic N) is 2. The van der Waals surface area contributed by atoms with Crippen LogP contribution in [-0.2, 0) is 6.54 Å². The molecule has 0 bridgehead atoms. The summed E-state index contributed by atoms with van der Waals surface area (Å²) in [4.78, 5) is 6.63. The lowest BCUT2D eigenvalue weighted by Gasteiger charge is -2.33. The predicted octanol–water partition coefficient (Wildman–Crippen LogP) is 4.17. The van der Waals surface area contributed by atoms with Crippen LogP contribution in [0.4, 0.5) is 5.82 Å². The van der Waals surface area contributed by atoms with E-state index in [1.807, 2.05) is 18.2 Å². The highest BCUT2D eigenvalue weighted by Crippen LogP contribution is 2.26. The number of benzene rings is 2. The van der Waals surface area contributed by atoms with Gasteiger partial charge in [0.05, 0.1) is 0 Å². The number of rotatable bonds is 4. The molecule has 2 heterocycles. The Morgan fingerprint density at radius 2 is 2.00 bits per heavy atom. The molecule has 26 heavy (non-hydrogen) atoms. The van der Waals surface area contributed by atoms with E-state index < -0.39 is 0 Å². The molecule has 0 aliphatic carbocycles. The van der Waals surface area contributed by atoms with Crippen molar-refractivity contribution >= 4 is 16.6 Å². The van der Waals surface area contributed by atoms with Crippen LogP contribution < -0.4 is 10.5 Å². The van der Waals surface area contributed by atoms with Crippen LogP contribution in [0.3, 0.4) is 0 Å². The van der Waals surface area contributed by atoms with Gasteiger partial charge < -0.3 is 10.5 Å². The Balaban J connectivity index is 1.42. The number of piperidine rings is 1. The molecule has 0 spiro atoms. The number of pyridine rings is 1. The Kier molecular flexibility index (Phi) is 4.76. The average molecular weight is 347 g/mol. The van der Waals surface area contributed by atoms with Gasteiger partial charge in [-0.15, -0.1) is 0 Å². The topological polar surface area (TPSA) is 51.4 Å². The number of nitrogens with two attached hydrogens (primary N) is 1. The van der Waals surface area contributed by atoms with Gasteiger partial charge in [-0.05, 0) is 61.5 Å². The highest BCUT2D eigenvalue weighted by molar-refractivity contribution is 5.91. The maximum Gasteiger partial charge on any atom is 0.131 e. The van der Waals surface area contributed by atoms with Crippen molar-refractivity contribution < 1.29 is 4.74 Å². The minimum atomic E-state index is 0.228. The van der Waals surface area contributed by atoms with Crippen LogP contribution in [0, 0.1) is 6.92 Å². The molecule has 4 nitrogen and oxygen atoms in total. The van der Waals surface area contributed by atoms with E-state index in [-0.39, 0.29) is 6.10 Å². The zero-order valence-corrected chi connectivity index (χ0v) is 15.2. The summed E-state index contributed by atoms with van der Waals surface area (Å²) < 4.78 is 6.29. The largest absolute Gasteiger partial charge is 0.489 e. The summed E-state index contributed by atoms with van der Waals surface area (Å²) in [5.41, 5.74) is 8.60. The smallest absolute Gasteiger partial charge is 0.131 e. The first-order valence-electron chi connectivity index (χ1n) is 9.26. The molecule has 0 saturated carbocycles. The molecule has 3 aromatic rings. The van der Waals surface area contributed by atoms with Crippen LogP contribution in [-0.4, -0.2) is 29.1 Å². The third kappa shape index (κ3) is 3.81. The summed E-state index contributed by atoms with van der Waals surface area (Å²) in [7, 11) is 0. The summed E-state index contributed by atoms with van der Waals surface area (Å²) in [6.07, 6.45) is 4.23. The van der Waals surface area contributed by atoms with Crippen LogP contribution >= 0.6 is 0 Å². The fraction of sp³-hybridized carbons (Fsp3) is 0.318. The van der Waals surface area contributed by atoms with E-state index in [4.69, 9.17) is 10.5 Å². The molecular weight excluding hydrogens is 322 g/mol. The number of aromatic nitrogens is 1. The molecule has 1 atom stereocenters. The third-order valence-corrected chi connectivity index (χ3v) is 5.06. The van der Waals surface area contributed by atoms with E-state index in [0.29, 0.717) is 5.82 Å². The Labute approximate surface area is 154 Å². The second kappa shape index (κ2) is 7.34. The summed E-state index contributed by atoms with van der Waals surface area (Å²) in [5.74, 6) is 1.47. The molecule has 1 aliphatic rings. The molecule has 4 rings (SSSR count). The highest BCUT2D eigenvalue weighted by atomic mass is 16.5. The summed E-state index contributed by atoms with van der Waals surface area (Å²) >= 11 is 0. The van der Waals surface area contributed by atoms with Crippen LogP contribution in [0.1, 0.15) is 24.0 Å². The molecule has 2 aromatic carbocycles. The number of aryl methyl sites for hydroxylation is 1. The summed E-state index contributed by atoms with van der Waals surface area (Å²) in [6, 6.07) is 16.9. The highest BCUT2D eigenvalue weighted by Gasteiger charge is 2.21. The molecule has 1 saturated heterocycles. The van der Waals surface area contributed by atoms with E-state index in [2.05, 4.69) is 47.1 Å². The molecule has 0 radical (unpaired) electrons. The quantitative estimate of drug-likeness (QED) is 0.770. The van der Waals surface area contributed by atoms with Crippen LogP contribution in [0.25, 0.3) is 10.8 Å². The predicted molar refractivity (Wildman–Crippen MR) is 106 cm³/mol. The van der Waals surface area contributed by atoms with Crippen LogP contribution in [0.5, 0.6) is 5.75 Å². The van der Waals surface area contributed by atoms with E-state index in [1.165, 1.54) is 17.5 Å². The van der Waals surface area contributed by atoms with Crippen molar-refractivity contribution in [3.05, 3.63) is 65.9 Å². The van der Waals surface area contributed by atoms with Crippen molar-refractivity contribution in [3.8, 4) is 5.75 Å². The van der Waals surface area contributed by atoms with Gasteiger partial charge in [-0.2, -0.15) is 0 Å². The average Bonchev–Trinajstić information content (AvgIpc) is 2.64. The molecule has 1 unspecified atom stereocenters. The maximum atomic E-state index is 6.29. The lowest BCUT2D eigenvalue weighted by Crippen LogP contribution is -2.40. The minimum Gasteiger partial charge on any atom is -0.489 e. The van der Waals surface area contributed by atoms with Gasteiger partial charge >= 0.3 is 0 Å². The Morgan fingerprint density at radius 1 is 1.15 bits per heavy atom. The minimum absolute atomic E-state index is 0.228. The number of hydrogen-bond acceptors (Lipinski definition) is 4. The number of ether oxygens (including phenoxy) is 1. The van der Waals surface area contributed by atoms with Gasteiger partial charge in [0.15, 0.2) is 0 Å². The summed E-state index contributed by atoms with van der Waals surface area (Å²) in [5, 5.41) is 2.05. The number of nitrogen functional groups attached to an aromatic ring is 1. The number of fused-ring (bicyclic) bond motifs is 1. The van der Waals surface area contributed by atoms with E-state index in [1.54, 1.807) is 6.20 Å². The van der Waals surface area contributed by atoms with Crippen molar-refractivity contribution in [2.24, 2.45) is 0 Å². The number of anilines is 1. The molecule has 1 aromatic heterocycles. The molecule has 1 aliphatic heterocycles. The second-order valence-electron chi connectivity index (χ2n) is 7.18. The van der Waals surface area contributed by atoms with Crippen LogP contribution in [0.2, 0.25) is 0 Å². The van der Waals surface area contributed by atoms with Gasteiger partial charge in [0.2, 0.25) is 0 Å². The number of likely N-dealkylation sites (tertiary alicyclic amines) is 1. The van der Waals surface area contributed by atoms with Crippen molar-refractivity contribution in [2.45, 2.75) is 32.4 Å². The first-order chi connectivity index (χ1) is 12.7. The molecule has 1 fully saturated rings. The monoisotopic (exact) mass is 347 g/mol. The van der Waals surface area contributed by atoms with Crippen molar-refractivity contribution in [2.75, 3.05) is 18.8 Å². The normalized spacial score (nSPS) is 18.1. The van der Waals surface area contributed by atoms with Gasteiger partial charge in [-0.25, -0.2) is 4.98 Å². The van der Waals surface area contributed by atoms with Crippen molar-refractivity contribution in [1.29, 1.82) is 0 Å². The first-order valence-corrected chi connectivity index (χ1v) is 9.26. The van der Waals surface area contributed by atoms with E-state index >= 15 is 0 Å². The Hall–Kier alpha value is -2.59. The second-order valence-corrected chi connectivity index (χ2v) is 7.18. The fourth-order valence-corrected chi connectivity index (χ4v) is 3.65. The Bertz CT molecular complexity index is 892. The molecule has 0 amide bonds. The fourth-order valence-electron chi connectivity index (χ4n) is 3.65. The molecular formula is C22H25N3O. The molecule has 2 N–H and O–H groups in total. The van der Waals surface area contributed by atoms with E-state index in [9.17, 15) is 0 Å². The zero-order chi connectivity index (χ0) is 17.9. The summed E-state index contributed by atoms with van der Waals surface area (Å²) in [6.45, 7) is 5.21. The molecule has 134 valence electrons. The number of hydrogen-bond donors (Lipinski definition) is 1. The third-order valence-electron chi connectivity index (χ3n) is 5.06. The van der Waals surface area contributed by atoms with Gasteiger partial charge in [0.1, 0.15) is 17.7 Å². The van der Waals surface area contributed by atoms with E-state index in [0.717, 1.165) is 42.6 Å². The lowest BCUT2D eigenvalue weighted by atomic mass is 10.1. The van der Waals surface area contributed by atoms with Gasteiger partial charge in [0.25, 0.3) is 0 Å². The maximum absolute atomic E-state index is 6.29. The Morgan fingerprint density at radius 3 is 2.85 bits per heavy atom. The zero-order valence-electron chi connectivity index (χ0n) is 15.2. The SMILES string of the molecule is Cc1ccc(CN2CCCC(Oc3ccc4c(N)nccc4c3)C2)cc1. The van der Waals surface area contributed by atoms with Crippen molar-refractivity contribution in [3.63, 3.8) is 0 Å². The first kappa shape index (κ1) is 16.9. The van der Waals surface area contributed by atoms with Gasteiger partial charge in [-0.1, -0.05) is 29.8 Å². The molecule has 4 heteroatoms. The van der Waals surface area contributed by atoms with Crippen LogP contribution in [0.15, 0.2) is 54.7 Å².